The predicted molar refractivity (Wildman–Crippen MR) is 179 cm³/mol. The van der Waals surface area contributed by atoms with Crippen LogP contribution in [0.2, 0.25) is 0 Å². The first-order chi connectivity index (χ1) is 19.3. The number of allylic oxidation sites excluding steroid dienone is 1. The maximum Gasteiger partial charge on any atom is 0.0319 e. The normalized spacial score (nSPS) is 19.5. The lowest BCUT2D eigenvalue weighted by Gasteiger charge is -2.05. The fraction of sp³-hybridized carbons (Fsp3) is 0.919. The van der Waals surface area contributed by atoms with Gasteiger partial charge in [0.15, 0.2) is 0 Å². The molecule has 0 radical (unpaired) electrons. The first-order valence-corrected chi connectivity index (χ1v) is 17.5. The lowest BCUT2D eigenvalue weighted by molar-refractivity contribution is 0.399. The van der Waals surface area contributed by atoms with E-state index >= 15 is 0 Å². The van der Waals surface area contributed by atoms with E-state index in [1.54, 1.807) is 0 Å². The van der Waals surface area contributed by atoms with Crippen molar-refractivity contribution in [2.24, 2.45) is 0 Å². The average Bonchev–Trinajstić information content (AvgIpc) is 3.01. The highest BCUT2D eigenvalue weighted by Crippen LogP contribution is 2.17. The van der Waals surface area contributed by atoms with E-state index in [4.69, 9.17) is 10.2 Å². The Bertz CT molecular complexity index is 287. The van der Waals surface area contributed by atoms with Crippen molar-refractivity contribution in [1.82, 2.24) is 0 Å². The summed E-state index contributed by atoms with van der Waals surface area (Å²) < 4.78 is 0. The third-order valence-corrected chi connectivity index (χ3v) is 7.85. The molecule has 0 aromatic heterocycles. The maximum atomic E-state index is 7.00. The van der Waals surface area contributed by atoms with Crippen molar-refractivity contribution in [3.63, 3.8) is 0 Å². The van der Waals surface area contributed by atoms with Crippen molar-refractivity contribution < 1.29 is 10.2 Å². The zero-order valence-corrected chi connectivity index (χ0v) is 27.8. The van der Waals surface area contributed by atoms with Crippen LogP contribution in [0.4, 0.5) is 0 Å². The van der Waals surface area contributed by atoms with Gasteiger partial charge in [-0.1, -0.05) is 199 Å². The average molecular weight is 553 g/mol. The molecule has 0 aromatic rings. The Kier molecular flexibility index (Phi) is 48.9. The third kappa shape index (κ3) is 47.6. The molecule has 0 aliphatic heterocycles. The van der Waals surface area contributed by atoms with Crippen LogP contribution in [0.15, 0.2) is 17.9 Å². The molecule has 0 amide bonds. The number of rotatable bonds is 0. The Morgan fingerprint density at radius 1 is 0.308 bits per heavy atom. The highest BCUT2D eigenvalue weighted by molar-refractivity contribution is 4.87. The molecule has 3 saturated carbocycles. The van der Waals surface area contributed by atoms with Crippen LogP contribution >= 0.6 is 0 Å². The molecule has 2 nitrogen and oxygen atoms in total. The van der Waals surface area contributed by atoms with Gasteiger partial charge in [0.1, 0.15) is 0 Å². The first-order valence-electron chi connectivity index (χ1n) is 17.5. The zero-order valence-electron chi connectivity index (χ0n) is 27.8. The molecule has 0 spiro atoms. The monoisotopic (exact) mass is 553 g/mol. The second kappa shape index (κ2) is 44.5. The van der Waals surface area contributed by atoms with Gasteiger partial charge in [-0.3, -0.25) is 0 Å². The van der Waals surface area contributed by atoms with Gasteiger partial charge in [0.25, 0.3) is 0 Å². The topological polar surface area (TPSA) is 40.5 Å². The van der Waals surface area contributed by atoms with E-state index < -0.39 is 0 Å². The molecule has 0 heterocycles. The standard InChI is InChI=1S/3C10H20.C5H8.2CH4O/c3*1-2-4-6-8-10-9-7-5-3-1;1-4-5(2)3;2*1-2/h3*1-10H2;1H2,2-3H3;2*2H,1H3. The zero-order chi connectivity index (χ0) is 29.5. The summed E-state index contributed by atoms with van der Waals surface area (Å²) in [6.45, 7) is 7.33. The van der Waals surface area contributed by atoms with Gasteiger partial charge in [0, 0.05) is 14.2 Å². The van der Waals surface area contributed by atoms with Crippen molar-refractivity contribution >= 4 is 0 Å². The molecular formula is C37H76O2. The summed E-state index contributed by atoms with van der Waals surface area (Å²) in [6.07, 6.45) is 45.0. The molecule has 0 unspecified atom stereocenters. The Balaban J connectivity index is -0.000000434. The Morgan fingerprint density at radius 2 is 0.359 bits per heavy atom. The molecule has 2 heteroatoms. The van der Waals surface area contributed by atoms with Gasteiger partial charge in [0.05, 0.1) is 0 Å². The number of hydrogen-bond acceptors (Lipinski definition) is 2. The number of aliphatic hydroxyl groups excluding tert-OH is 2. The molecule has 236 valence electrons. The minimum atomic E-state index is 1.00. The van der Waals surface area contributed by atoms with Crippen LogP contribution in [-0.4, -0.2) is 24.4 Å². The minimum Gasteiger partial charge on any atom is -0.400 e. The smallest absolute Gasteiger partial charge is 0.0319 e. The maximum absolute atomic E-state index is 7.00. The summed E-state index contributed by atoms with van der Waals surface area (Å²) in [5.74, 6) is 0. The molecular weight excluding hydrogens is 476 g/mol. The lowest BCUT2D eigenvalue weighted by Crippen LogP contribution is -1.85. The van der Waals surface area contributed by atoms with Gasteiger partial charge in [-0.25, -0.2) is 0 Å². The summed E-state index contributed by atoms with van der Waals surface area (Å²) in [4.78, 5) is 0. The molecule has 2 N–H and O–H groups in total. The second-order valence-electron chi connectivity index (χ2n) is 11.8. The largest absolute Gasteiger partial charge is 0.400 e. The molecule has 0 saturated heterocycles. The summed E-state index contributed by atoms with van der Waals surface area (Å²) in [5, 5.41) is 14.0. The van der Waals surface area contributed by atoms with Crippen molar-refractivity contribution in [1.29, 1.82) is 0 Å². The van der Waals surface area contributed by atoms with Crippen molar-refractivity contribution in [2.75, 3.05) is 14.2 Å². The van der Waals surface area contributed by atoms with Crippen molar-refractivity contribution in [2.45, 2.75) is 206 Å². The molecule has 0 atom stereocenters. The highest BCUT2D eigenvalue weighted by atomic mass is 16.2. The van der Waals surface area contributed by atoms with Crippen LogP contribution in [0.1, 0.15) is 206 Å². The van der Waals surface area contributed by atoms with Crippen LogP contribution in [0.5, 0.6) is 0 Å². The van der Waals surface area contributed by atoms with E-state index in [9.17, 15) is 0 Å². The molecule has 0 aromatic carbocycles. The van der Waals surface area contributed by atoms with Gasteiger partial charge in [-0.05, 0) is 19.4 Å². The van der Waals surface area contributed by atoms with Gasteiger partial charge in [0.2, 0.25) is 0 Å². The molecule has 3 fully saturated rings. The summed E-state index contributed by atoms with van der Waals surface area (Å²) >= 11 is 0. The van der Waals surface area contributed by atoms with Crippen molar-refractivity contribution in [3.8, 4) is 0 Å². The number of hydrogen-bond donors (Lipinski definition) is 2. The Labute approximate surface area is 248 Å². The van der Waals surface area contributed by atoms with Crippen LogP contribution < -0.4 is 0 Å². The minimum absolute atomic E-state index is 1.00. The fourth-order valence-corrected chi connectivity index (χ4v) is 5.30. The van der Waals surface area contributed by atoms with E-state index in [0.717, 1.165) is 19.8 Å². The summed E-state index contributed by atoms with van der Waals surface area (Å²) in [5.41, 5.74) is 3.84. The predicted octanol–water partition coefficient (Wildman–Crippen LogP) is 12.7. The van der Waals surface area contributed by atoms with E-state index in [1.807, 2.05) is 13.8 Å². The van der Waals surface area contributed by atoms with Gasteiger partial charge in [-0.2, -0.15) is 0 Å². The molecule has 3 aliphatic rings. The summed E-state index contributed by atoms with van der Waals surface area (Å²) in [6, 6.07) is 0. The fourth-order valence-electron chi connectivity index (χ4n) is 5.30. The molecule has 39 heavy (non-hydrogen) atoms. The molecule has 3 rings (SSSR count). The van der Waals surface area contributed by atoms with Gasteiger partial charge in [-0.15, -0.1) is 5.73 Å². The Morgan fingerprint density at radius 3 is 0.385 bits per heavy atom. The van der Waals surface area contributed by atoms with Crippen molar-refractivity contribution in [3.05, 3.63) is 17.9 Å². The summed E-state index contributed by atoms with van der Waals surface area (Å²) in [7, 11) is 2.00. The number of aliphatic hydroxyl groups is 2. The third-order valence-electron chi connectivity index (χ3n) is 7.85. The first kappa shape index (κ1) is 42.9. The van der Waals surface area contributed by atoms with Crippen LogP contribution in [-0.2, 0) is 0 Å². The van der Waals surface area contributed by atoms with Crippen LogP contribution in [0.3, 0.4) is 0 Å². The van der Waals surface area contributed by atoms with Gasteiger partial charge >= 0.3 is 0 Å². The Hall–Kier alpha value is -0.560. The SMILES string of the molecule is C1CCCCCCCCC1.C1CCCCCCCCC1.C1CCCCCCCCC1.C=C=C(C)C.CO.CO. The van der Waals surface area contributed by atoms with E-state index in [0.29, 0.717) is 0 Å². The van der Waals surface area contributed by atoms with Crippen LogP contribution in [0.25, 0.3) is 0 Å². The van der Waals surface area contributed by atoms with Gasteiger partial charge < -0.3 is 10.2 Å². The quantitative estimate of drug-likeness (QED) is 0.293. The van der Waals surface area contributed by atoms with E-state index in [2.05, 4.69) is 12.3 Å². The van der Waals surface area contributed by atoms with E-state index in [1.165, 1.54) is 193 Å². The highest BCUT2D eigenvalue weighted by Gasteiger charge is 1.97. The second-order valence-corrected chi connectivity index (χ2v) is 11.8. The molecule has 3 aliphatic carbocycles. The van der Waals surface area contributed by atoms with E-state index in [-0.39, 0.29) is 0 Å². The van der Waals surface area contributed by atoms with Crippen LogP contribution in [0, 0.1) is 0 Å². The molecule has 0 bridgehead atoms. The lowest BCUT2D eigenvalue weighted by atomic mass is 10.0.